The lowest BCUT2D eigenvalue weighted by Gasteiger charge is -2.09. The van der Waals surface area contributed by atoms with Crippen LogP contribution >= 0.6 is 0 Å². The van der Waals surface area contributed by atoms with E-state index < -0.39 is 22.8 Å². The summed E-state index contributed by atoms with van der Waals surface area (Å²) < 4.78 is 63.9. The molecule has 0 heterocycles. The Morgan fingerprint density at radius 3 is 2.41 bits per heavy atom. The van der Waals surface area contributed by atoms with Gasteiger partial charge in [-0.1, -0.05) is 0 Å². The number of nitrogens with one attached hydrogen (secondary N) is 2. The third-order valence-electron chi connectivity index (χ3n) is 1.67. The molecule has 0 saturated carbocycles. The monoisotopic (exact) mass is 278 g/mol. The lowest BCUT2D eigenvalue weighted by molar-refractivity contribution is -0.173. The minimum Gasteiger partial charge on any atom is -0.371 e. The van der Waals surface area contributed by atoms with Gasteiger partial charge < -0.3 is 10.1 Å². The lowest BCUT2D eigenvalue weighted by atomic mass is 10.5. The van der Waals surface area contributed by atoms with Crippen molar-refractivity contribution in [3.05, 3.63) is 0 Å². The molecule has 0 aromatic heterocycles. The van der Waals surface area contributed by atoms with Gasteiger partial charge >= 0.3 is 6.18 Å². The van der Waals surface area contributed by atoms with Crippen LogP contribution in [0.1, 0.15) is 6.42 Å². The second-order valence-corrected chi connectivity index (χ2v) is 5.26. The van der Waals surface area contributed by atoms with Gasteiger partial charge in [-0.15, -0.1) is 0 Å². The van der Waals surface area contributed by atoms with Crippen molar-refractivity contribution in [2.45, 2.75) is 12.6 Å². The van der Waals surface area contributed by atoms with Crippen LogP contribution < -0.4 is 10.0 Å². The highest BCUT2D eigenvalue weighted by Gasteiger charge is 2.27. The first-order valence-corrected chi connectivity index (χ1v) is 6.68. The molecule has 0 atom stereocenters. The van der Waals surface area contributed by atoms with E-state index in [1.165, 1.54) is 0 Å². The average Bonchev–Trinajstić information content (AvgIpc) is 2.15. The van der Waals surface area contributed by atoms with E-state index in [9.17, 15) is 21.6 Å². The van der Waals surface area contributed by atoms with Crippen molar-refractivity contribution in [1.29, 1.82) is 0 Å². The van der Waals surface area contributed by atoms with Gasteiger partial charge in [0.25, 0.3) is 0 Å². The molecule has 0 aliphatic carbocycles. The number of sulfonamides is 1. The summed E-state index contributed by atoms with van der Waals surface area (Å²) in [4.78, 5) is 0. The highest BCUT2D eigenvalue weighted by molar-refractivity contribution is 7.89. The van der Waals surface area contributed by atoms with Crippen molar-refractivity contribution in [1.82, 2.24) is 10.0 Å². The minimum absolute atomic E-state index is 0.0624. The normalized spacial score (nSPS) is 12.9. The number of rotatable bonds is 9. The maximum atomic E-state index is 11.7. The smallest absolute Gasteiger partial charge is 0.371 e. The first-order chi connectivity index (χ1) is 7.77. The highest BCUT2D eigenvalue weighted by atomic mass is 32.2. The summed E-state index contributed by atoms with van der Waals surface area (Å²) in [6.45, 7) is -1.26. The number of halogens is 3. The predicted molar refractivity (Wildman–Crippen MR) is 57.2 cm³/mol. The Hall–Kier alpha value is -0.380. The van der Waals surface area contributed by atoms with E-state index in [4.69, 9.17) is 0 Å². The highest BCUT2D eigenvalue weighted by Crippen LogP contribution is 2.13. The van der Waals surface area contributed by atoms with Gasteiger partial charge in [-0.05, 0) is 20.0 Å². The Bertz CT molecular complexity index is 293. The number of hydrogen-bond acceptors (Lipinski definition) is 4. The van der Waals surface area contributed by atoms with E-state index in [0.717, 1.165) is 0 Å². The summed E-state index contributed by atoms with van der Waals surface area (Å²) in [5, 5.41) is 2.79. The van der Waals surface area contributed by atoms with Crippen molar-refractivity contribution in [2.24, 2.45) is 0 Å². The molecule has 0 unspecified atom stereocenters. The van der Waals surface area contributed by atoms with Crippen LogP contribution in [0.4, 0.5) is 13.2 Å². The van der Waals surface area contributed by atoms with E-state index in [1.54, 1.807) is 7.05 Å². The van der Waals surface area contributed by atoms with E-state index in [0.29, 0.717) is 13.0 Å². The molecular weight excluding hydrogens is 261 g/mol. The van der Waals surface area contributed by atoms with Gasteiger partial charge in [-0.25, -0.2) is 13.1 Å². The van der Waals surface area contributed by atoms with Gasteiger partial charge in [0.1, 0.15) is 6.61 Å². The van der Waals surface area contributed by atoms with E-state index in [2.05, 4.69) is 14.8 Å². The zero-order valence-electron chi connectivity index (χ0n) is 9.51. The SMILES string of the molecule is CNCCCS(=O)(=O)NCCOCC(F)(F)F. The molecule has 9 heteroatoms. The zero-order valence-corrected chi connectivity index (χ0v) is 10.3. The van der Waals surface area contributed by atoms with Crippen LogP contribution in [0.15, 0.2) is 0 Å². The van der Waals surface area contributed by atoms with Crippen molar-refractivity contribution >= 4 is 10.0 Å². The third kappa shape index (κ3) is 11.9. The van der Waals surface area contributed by atoms with Gasteiger partial charge in [0.05, 0.1) is 12.4 Å². The first kappa shape index (κ1) is 16.6. The van der Waals surface area contributed by atoms with Crippen LogP contribution in [0, 0.1) is 0 Å². The second-order valence-electron chi connectivity index (χ2n) is 3.34. The lowest BCUT2D eigenvalue weighted by Crippen LogP contribution is -2.31. The number of ether oxygens (including phenoxy) is 1. The largest absolute Gasteiger partial charge is 0.411 e. The Kier molecular flexibility index (Phi) is 7.68. The standard InChI is InChI=1S/C8H17F3N2O3S/c1-12-3-2-6-17(14,15)13-4-5-16-7-8(9,10)11/h12-13H,2-7H2,1H3. The van der Waals surface area contributed by atoms with Crippen molar-refractivity contribution in [3.63, 3.8) is 0 Å². The summed E-state index contributed by atoms with van der Waals surface area (Å²) in [5.74, 6) is -0.0624. The minimum atomic E-state index is -4.38. The summed E-state index contributed by atoms with van der Waals surface area (Å²) >= 11 is 0. The molecule has 0 spiro atoms. The van der Waals surface area contributed by atoms with E-state index in [-0.39, 0.29) is 18.9 Å². The summed E-state index contributed by atoms with van der Waals surface area (Å²) in [6.07, 6.45) is -3.94. The summed E-state index contributed by atoms with van der Waals surface area (Å²) in [7, 11) is -1.72. The Morgan fingerprint density at radius 2 is 1.88 bits per heavy atom. The molecule has 0 fully saturated rings. The molecule has 5 nitrogen and oxygen atoms in total. The summed E-state index contributed by atoms with van der Waals surface area (Å²) in [6, 6.07) is 0. The van der Waals surface area contributed by atoms with Crippen LogP contribution in [0.5, 0.6) is 0 Å². The molecule has 0 amide bonds. The molecule has 0 aromatic carbocycles. The maximum absolute atomic E-state index is 11.7. The summed E-state index contributed by atoms with van der Waals surface area (Å²) in [5.41, 5.74) is 0. The van der Waals surface area contributed by atoms with Crippen molar-refractivity contribution in [2.75, 3.05) is 39.1 Å². The van der Waals surface area contributed by atoms with Crippen LogP contribution in [0.25, 0.3) is 0 Å². The molecule has 0 aliphatic heterocycles. The molecule has 2 N–H and O–H groups in total. The second kappa shape index (κ2) is 7.85. The fourth-order valence-electron chi connectivity index (χ4n) is 0.968. The maximum Gasteiger partial charge on any atom is 0.411 e. The number of hydrogen-bond donors (Lipinski definition) is 2. The van der Waals surface area contributed by atoms with E-state index in [1.807, 2.05) is 0 Å². The average molecular weight is 278 g/mol. The molecule has 104 valence electrons. The van der Waals surface area contributed by atoms with Crippen molar-refractivity contribution in [3.8, 4) is 0 Å². The molecule has 0 bridgehead atoms. The van der Waals surface area contributed by atoms with Crippen LogP contribution in [0.2, 0.25) is 0 Å². The Labute approximate surface area is 98.8 Å². The van der Waals surface area contributed by atoms with Gasteiger partial charge in [-0.3, -0.25) is 0 Å². The fraction of sp³-hybridized carbons (Fsp3) is 1.00. The molecular formula is C8H17F3N2O3S. The molecule has 0 aromatic rings. The van der Waals surface area contributed by atoms with E-state index >= 15 is 0 Å². The third-order valence-corrected chi connectivity index (χ3v) is 3.14. The zero-order chi connectivity index (χ0) is 13.4. The molecule has 0 radical (unpaired) electrons. The Morgan fingerprint density at radius 1 is 1.24 bits per heavy atom. The van der Waals surface area contributed by atoms with Gasteiger partial charge in [0.2, 0.25) is 10.0 Å². The fourth-order valence-corrected chi connectivity index (χ4v) is 2.03. The van der Waals surface area contributed by atoms with Crippen LogP contribution in [-0.4, -0.2) is 53.7 Å². The molecule has 17 heavy (non-hydrogen) atoms. The Balaban J connectivity index is 3.59. The molecule has 0 saturated heterocycles. The van der Waals surface area contributed by atoms with Crippen LogP contribution in [-0.2, 0) is 14.8 Å². The van der Waals surface area contributed by atoms with Gasteiger partial charge in [0.15, 0.2) is 0 Å². The topological polar surface area (TPSA) is 67.4 Å². The molecule has 0 rings (SSSR count). The van der Waals surface area contributed by atoms with Crippen LogP contribution in [0.3, 0.4) is 0 Å². The number of alkyl halides is 3. The molecule has 0 aliphatic rings. The van der Waals surface area contributed by atoms with Gasteiger partial charge in [-0.2, -0.15) is 13.2 Å². The van der Waals surface area contributed by atoms with Crippen molar-refractivity contribution < 1.29 is 26.3 Å². The first-order valence-electron chi connectivity index (χ1n) is 5.03. The quantitative estimate of drug-likeness (QED) is 0.587. The predicted octanol–water partition coefficient (Wildman–Crippen LogP) is 0.0942. The van der Waals surface area contributed by atoms with Gasteiger partial charge in [0, 0.05) is 6.54 Å².